The summed E-state index contributed by atoms with van der Waals surface area (Å²) in [5.41, 5.74) is 2.37. The Labute approximate surface area is 303 Å². The molecule has 6 nitrogen and oxygen atoms in total. The van der Waals surface area contributed by atoms with E-state index in [1.165, 1.54) is 12.1 Å². The molecule has 278 valence electrons. The second kappa shape index (κ2) is 15.5. The molecule has 4 aromatic rings. The van der Waals surface area contributed by atoms with Gasteiger partial charge in [0.05, 0.1) is 5.56 Å². The summed E-state index contributed by atoms with van der Waals surface area (Å²) in [6.45, 7) is -0.342. The van der Waals surface area contributed by atoms with E-state index in [2.05, 4.69) is 10.6 Å². The number of carbonyl (C=O) groups excluding carboxylic acids is 3. The van der Waals surface area contributed by atoms with Crippen molar-refractivity contribution in [1.29, 1.82) is 0 Å². The Morgan fingerprint density at radius 1 is 0.679 bits per heavy atom. The Morgan fingerprint density at radius 3 is 1.83 bits per heavy atom. The number of halogens is 6. The molecule has 3 amide bonds. The van der Waals surface area contributed by atoms with Crippen LogP contribution >= 0.6 is 0 Å². The van der Waals surface area contributed by atoms with E-state index in [0.717, 1.165) is 23.3 Å². The Hall–Kier alpha value is -5.13. The fourth-order valence-corrected chi connectivity index (χ4v) is 7.61. The van der Waals surface area contributed by atoms with Crippen LogP contribution in [0, 0.1) is 5.92 Å². The molecular weight excluding hydrogens is 696 g/mol. The van der Waals surface area contributed by atoms with Crippen molar-refractivity contribution in [2.75, 3.05) is 26.2 Å². The SMILES string of the molecule is O=C(NCCCCCC1(C(=O)NCC(F)(F)F)c2ccccc2-c2ccccc21)C1CCN(C(=O)c2ccccc2-c2ccc(C(F)(F)F)cc2)CC1. The number of piperidine rings is 1. The number of alkyl halides is 6. The highest BCUT2D eigenvalue weighted by atomic mass is 19.4. The van der Waals surface area contributed by atoms with E-state index in [1.54, 1.807) is 53.4 Å². The third-order valence-electron chi connectivity index (χ3n) is 10.3. The van der Waals surface area contributed by atoms with E-state index < -0.39 is 35.8 Å². The minimum Gasteiger partial charge on any atom is -0.356 e. The number of amides is 3. The van der Waals surface area contributed by atoms with Crippen molar-refractivity contribution >= 4 is 17.7 Å². The number of likely N-dealkylation sites (tertiary alicyclic amines) is 1. The largest absolute Gasteiger partial charge is 0.416 e. The highest BCUT2D eigenvalue weighted by Gasteiger charge is 2.49. The molecule has 2 aliphatic rings. The van der Waals surface area contributed by atoms with Gasteiger partial charge in [0.15, 0.2) is 0 Å². The second-order valence-corrected chi connectivity index (χ2v) is 13.6. The average molecular weight is 736 g/mol. The average Bonchev–Trinajstić information content (AvgIpc) is 3.44. The van der Waals surface area contributed by atoms with Gasteiger partial charge in [-0.1, -0.05) is 91.7 Å². The lowest BCUT2D eigenvalue weighted by molar-refractivity contribution is -0.141. The number of hydrogen-bond donors (Lipinski definition) is 2. The first-order valence-electron chi connectivity index (χ1n) is 17.7. The van der Waals surface area contributed by atoms with Gasteiger partial charge in [0.25, 0.3) is 5.91 Å². The molecule has 12 heteroatoms. The molecule has 1 saturated heterocycles. The molecule has 6 rings (SSSR count). The van der Waals surface area contributed by atoms with Crippen molar-refractivity contribution in [3.05, 3.63) is 119 Å². The minimum atomic E-state index is -4.55. The molecule has 53 heavy (non-hydrogen) atoms. The number of benzene rings is 4. The Bertz CT molecular complexity index is 1900. The number of carbonyl (C=O) groups is 3. The third-order valence-corrected chi connectivity index (χ3v) is 10.3. The maximum Gasteiger partial charge on any atom is 0.416 e. The van der Waals surface area contributed by atoms with Gasteiger partial charge in [0, 0.05) is 31.1 Å². The summed E-state index contributed by atoms with van der Waals surface area (Å²) in [5.74, 6) is -1.36. The fraction of sp³-hybridized carbons (Fsp3) is 0.341. The highest BCUT2D eigenvalue weighted by molar-refractivity contribution is 6.01. The van der Waals surface area contributed by atoms with Gasteiger partial charge >= 0.3 is 12.4 Å². The number of rotatable bonds is 11. The highest BCUT2D eigenvalue weighted by Crippen LogP contribution is 2.51. The normalized spacial score (nSPS) is 15.4. The molecule has 0 spiro atoms. The molecule has 0 radical (unpaired) electrons. The molecule has 1 aliphatic carbocycles. The summed E-state index contributed by atoms with van der Waals surface area (Å²) in [5, 5.41) is 5.12. The summed E-state index contributed by atoms with van der Waals surface area (Å²) in [6.07, 6.45) is -6.04. The zero-order chi connectivity index (χ0) is 37.8. The summed E-state index contributed by atoms with van der Waals surface area (Å²) in [7, 11) is 0. The first kappa shape index (κ1) is 37.6. The monoisotopic (exact) mass is 735 g/mol. The van der Waals surface area contributed by atoms with Crippen LogP contribution in [-0.4, -0.2) is 55.0 Å². The maximum absolute atomic E-state index is 13.7. The van der Waals surface area contributed by atoms with Crippen LogP contribution in [0.15, 0.2) is 97.1 Å². The quantitative estimate of drug-likeness (QED) is 0.120. The predicted octanol–water partition coefficient (Wildman–Crippen LogP) is 8.55. The smallest absolute Gasteiger partial charge is 0.356 e. The van der Waals surface area contributed by atoms with Crippen molar-refractivity contribution in [2.45, 2.75) is 56.3 Å². The van der Waals surface area contributed by atoms with Gasteiger partial charge in [-0.2, -0.15) is 26.3 Å². The van der Waals surface area contributed by atoms with Crippen LogP contribution in [0.3, 0.4) is 0 Å². The van der Waals surface area contributed by atoms with Gasteiger partial charge in [-0.3, -0.25) is 14.4 Å². The van der Waals surface area contributed by atoms with Gasteiger partial charge in [-0.05, 0) is 77.3 Å². The molecule has 0 bridgehead atoms. The van der Waals surface area contributed by atoms with Crippen molar-refractivity contribution in [3.8, 4) is 22.3 Å². The molecular formula is C41H39F6N3O3. The summed E-state index contributed by atoms with van der Waals surface area (Å²) in [6, 6.07) is 26.1. The van der Waals surface area contributed by atoms with E-state index in [0.29, 0.717) is 86.0 Å². The lowest BCUT2D eigenvalue weighted by Crippen LogP contribution is -2.47. The number of unbranched alkanes of at least 4 members (excludes halogenated alkanes) is 2. The number of hydrogen-bond acceptors (Lipinski definition) is 3. The first-order chi connectivity index (χ1) is 25.3. The van der Waals surface area contributed by atoms with E-state index in [1.807, 2.05) is 24.3 Å². The number of nitrogens with one attached hydrogen (secondary N) is 2. The van der Waals surface area contributed by atoms with E-state index in [9.17, 15) is 40.7 Å². The lowest BCUT2D eigenvalue weighted by Gasteiger charge is -2.32. The standard InChI is InChI=1S/C41H39F6N3O3/c42-40(43,44)26-49-38(53)39(34-14-6-4-11-31(34)32-12-5-7-15-35(32)39)22-8-1-9-23-48-36(51)28-20-24-50(25-21-28)37(52)33-13-3-2-10-30(33)27-16-18-29(19-17-27)41(45,46)47/h2-7,10-19,28H,1,8-9,20-26H2,(H,48,51)(H,49,53). The summed E-state index contributed by atoms with van der Waals surface area (Å²) >= 11 is 0. The molecule has 0 unspecified atom stereocenters. The summed E-state index contributed by atoms with van der Waals surface area (Å²) < 4.78 is 78.7. The second-order valence-electron chi connectivity index (χ2n) is 13.6. The Morgan fingerprint density at radius 2 is 1.25 bits per heavy atom. The molecule has 1 heterocycles. The van der Waals surface area contributed by atoms with Crippen LogP contribution < -0.4 is 10.6 Å². The third kappa shape index (κ3) is 8.11. The molecule has 2 N–H and O–H groups in total. The van der Waals surface area contributed by atoms with Crippen molar-refractivity contribution in [1.82, 2.24) is 15.5 Å². The van der Waals surface area contributed by atoms with Crippen molar-refractivity contribution in [2.24, 2.45) is 5.92 Å². The van der Waals surface area contributed by atoms with Crippen molar-refractivity contribution < 1.29 is 40.7 Å². The minimum absolute atomic E-state index is 0.121. The molecule has 0 aromatic heterocycles. The van der Waals surface area contributed by atoms with Crippen LogP contribution in [0.2, 0.25) is 0 Å². The molecule has 4 aromatic carbocycles. The van der Waals surface area contributed by atoms with Crippen LogP contribution in [0.4, 0.5) is 26.3 Å². The lowest BCUT2D eigenvalue weighted by atomic mass is 9.73. The number of nitrogens with zero attached hydrogens (tertiary/aromatic N) is 1. The van der Waals surface area contributed by atoms with Gasteiger partial charge in [0.2, 0.25) is 11.8 Å². The van der Waals surface area contributed by atoms with Crippen LogP contribution in [0.5, 0.6) is 0 Å². The predicted molar refractivity (Wildman–Crippen MR) is 189 cm³/mol. The topological polar surface area (TPSA) is 78.5 Å². The first-order valence-corrected chi connectivity index (χ1v) is 17.7. The van der Waals surface area contributed by atoms with E-state index in [-0.39, 0.29) is 17.7 Å². The van der Waals surface area contributed by atoms with Crippen LogP contribution in [-0.2, 0) is 21.2 Å². The van der Waals surface area contributed by atoms with Gasteiger partial charge in [0.1, 0.15) is 12.0 Å². The Kier molecular flexibility index (Phi) is 11.0. The zero-order valence-electron chi connectivity index (χ0n) is 28.8. The van der Waals surface area contributed by atoms with Crippen LogP contribution in [0.1, 0.15) is 65.6 Å². The van der Waals surface area contributed by atoms with Gasteiger partial charge in [-0.25, -0.2) is 0 Å². The zero-order valence-corrected chi connectivity index (χ0v) is 28.8. The molecule has 1 fully saturated rings. The van der Waals surface area contributed by atoms with Gasteiger partial charge < -0.3 is 15.5 Å². The van der Waals surface area contributed by atoms with Gasteiger partial charge in [-0.15, -0.1) is 0 Å². The Balaban J connectivity index is 1.01. The van der Waals surface area contributed by atoms with E-state index in [4.69, 9.17) is 0 Å². The molecule has 1 aliphatic heterocycles. The fourth-order valence-electron chi connectivity index (χ4n) is 7.61. The molecule has 0 atom stereocenters. The molecule has 0 saturated carbocycles. The summed E-state index contributed by atoms with van der Waals surface area (Å²) in [4.78, 5) is 41.9. The van der Waals surface area contributed by atoms with Crippen molar-refractivity contribution in [3.63, 3.8) is 0 Å². The van der Waals surface area contributed by atoms with Crippen LogP contribution in [0.25, 0.3) is 22.3 Å². The maximum atomic E-state index is 13.7. The number of fused-ring (bicyclic) bond motifs is 3. The van der Waals surface area contributed by atoms with E-state index >= 15 is 0 Å².